The van der Waals surface area contributed by atoms with E-state index in [9.17, 15) is 4.79 Å². The highest BCUT2D eigenvalue weighted by Crippen LogP contribution is 2.27. The Bertz CT molecular complexity index is 574. The van der Waals surface area contributed by atoms with Crippen LogP contribution in [-0.4, -0.2) is 25.5 Å². The Morgan fingerprint density at radius 3 is 2.78 bits per heavy atom. The van der Waals surface area contributed by atoms with Crippen molar-refractivity contribution in [1.29, 1.82) is 0 Å². The summed E-state index contributed by atoms with van der Waals surface area (Å²) in [7, 11) is 0. The lowest BCUT2D eigenvalue weighted by Gasteiger charge is -2.22. The van der Waals surface area contributed by atoms with Gasteiger partial charge in [0.25, 0.3) is 0 Å². The Kier molecular flexibility index (Phi) is 2.99. The minimum atomic E-state index is 0.205. The average Bonchev–Trinajstić information content (AvgIpc) is 2.63. The summed E-state index contributed by atoms with van der Waals surface area (Å²) in [6, 6.07) is 14.3. The lowest BCUT2D eigenvalue weighted by atomic mass is 10.1. The number of benzene rings is 2. The number of carbonyl (C=O) groups excluding carboxylic acids is 1. The van der Waals surface area contributed by atoms with E-state index in [0.717, 1.165) is 30.7 Å². The predicted octanol–water partition coefficient (Wildman–Crippen LogP) is 2.17. The highest BCUT2D eigenvalue weighted by atomic mass is 16.2. The summed E-state index contributed by atoms with van der Waals surface area (Å²) in [5.41, 5.74) is 1.03. The summed E-state index contributed by atoms with van der Waals surface area (Å²) in [4.78, 5) is 14.0. The maximum Gasteiger partial charge on any atom is 0.228 e. The summed E-state index contributed by atoms with van der Waals surface area (Å²) >= 11 is 0. The molecule has 1 fully saturated rings. The van der Waals surface area contributed by atoms with Gasteiger partial charge in [0.1, 0.15) is 0 Å². The predicted molar refractivity (Wildman–Crippen MR) is 73.8 cm³/mol. The number of fused-ring (bicyclic) bond motifs is 1. The number of hydrogen-bond donors (Lipinski definition) is 1. The Labute approximate surface area is 106 Å². The Hall–Kier alpha value is -1.87. The number of rotatable bonds is 1. The van der Waals surface area contributed by atoms with Crippen molar-refractivity contribution in [2.75, 3.05) is 24.5 Å². The van der Waals surface area contributed by atoms with E-state index < -0.39 is 0 Å². The largest absolute Gasteiger partial charge is 0.314 e. The molecule has 0 spiro atoms. The van der Waals surface area contributed by atoms with E-state index in [0.29, 0.717) is 6.42 Å². The molecule has 3 nitrogen and oxygen atoms in total. The van der Waals surface area contributed by atoms with Crippen LogP contribution in [0.5, 0.6) is 0 Å². The van der Waals surface area contributed by atoms with E-state index in [1.165, 1.54) is 5.39 Å². The van der Waals surface area contributed by atoms with Crippen LogP contribution in [-0.2, 0) is 4.79 Å². The first-order chi connectivity index (χ1) is 8.86. The van der Waals surface area contributed by atoms with Crippen molar-refractivity contribution in [2.45, 2.75) is 6.42 Å². The summed E-state index contributed by atoms with van der Waals surface area (Å²) in [6.07, 6.45) is 0.573. The fraction of sp³-hybridized carbons (Fsp3) is 0.267. The van der Waals surface area contributed by atoms with E-state index in [-0.39, 0.29) is 5.91 Å². The maximum atomic E-state index is 12.1. The van der Waals surface area contributed by atoms with Gasteiger partial charge in [0.15, 0.2) is 0 Å². The molecule has 0 aliphatic carbocycles. The molecule has 1 heterocycles. The van der Waals surface area contributed by atoms with E-state index in [4.69, 9.17) is 0 Å². The number of hydrogen-bond acceptors (Lipinski definition) is 2. The number of anilines is 1. The molecule has 1 aliphatic rings. The standard InChI is InChI=1S/C15H16N2O/c18-15-8-9-16-10-11-17(15)14-7-3-5-12-4-1-2-6-13(12)14/h1-7,16H,8-11H2. The molecule has 0 radical (unpaired) electrons. The molecule has 0 aromatic heterocycles. The maximum absolute atomic E-state index is 12.1. The van der Waals surface area contributed by atoms with Crippen LogP contribution < -0.4 is 10.2 Å². The SMILES string of the molecule is O=C1CCNCCN1c1cccc2ccccc12. The number of carbonyl (C=O) groups is 1. The molecule has 3 heteroatoms. The van der Waals surface area contributed by atoms with Crippen LogP contribution in [0.4, 0.5) is 5.69 Å². The molecule has 3 rings (SSSR count). The van der Waals surface area contributed by atoms with Crippen molar-refractivity contribution < 1.29 is 4.79 Å². The molecule has 0 atom stereocenters. The molecular weight excluding hydrogens is 224 g/mol. The zero-order chi connectivity index (χ0) is 12.4. The van der Waals surface area contributed by atoms with Gasteiger partial charge in [-0.3, -0.25) is 4.79 Å². The molecule has 0 bridgehead atoms. The third-order valence-electron chi connectivity index (χ3n) is 3.39. The Morgan fingerprint density at radius 1 is 1.00 bits per heavy atom. The van der Waals surface area contributed by atoms with Crippen LogP contribution in [0.1, 0.15) is 6.42 Å². The summed E-state index contributed by atoms with van der Waals surface area (Å²) in [5.74, 6) is 0.205. The normalized spacial score (nSPS) is 16.9. The van der Waals surface area contributed by atoms with Crippen LogP contribution in [0.25, 0.3) is 10.8 Å². The molecule has 1 aliphatic heterocycles. The van der Waals surface area contributed by atoms with Gasteiger partial charge in [-0.05, 0) is 11.5 Å². The Balaban J connectivity index is 2.10. The van der Waals surface area contributed by atoms with E-state index in [1.54, 1.807) is 0 Å². The smallest absolute Gasteiger partial charge is 0.228 e. The van der Waals surface area contributed by atoms with Crippen LogP contribution in [0, 0.1) is 0 Å². The Morgan fingerprint density at radius 2 is 1.83 bits per heavy atom. The van der Waals surface area contributed by atoms with Crippen molar-refractivity contribution in [1.82, 2.24) is 5.32 Å². The lowest BCUT2D eigenvalue weighted by Crippen LogP contribution is -2.32. The second-order valence-corrected chi connectivity index (χ2v) is 4.54. The van der Waals surface area contributed by atoms with E-state index >= 15 is 0 Å². The molecule has 1 amide bonds. The molecule has 2 aromatic carbocycles. The third kappa shape index (κ3) is 1.97. The zero-order valence-corrected chi connectivity index (χ0v) is 10.2. The van der Waals surface area contributed by atoms with Gasteiger partial charge in [-0.25, -0.2) is 0 Å². The van der Waals surface area contributed by atoms with Crippen LogP contribution >= 0.6 is 0 Å². The summed E-state index contributed by atoms with van der Waals surface area (Å²) in [6.45, 7) is 2.38. The fourth-order valence-electron chi connectivity index (χ4n) is 2.47. The molecule has 2 aromatic rings. The number of nitrogens with zero attached hydrogens (tertiary/aromatic N) is 1. The molecule has 92 valence electrons. The van der Waals surface area contributed by atoms with Gasteiger partial charge in [-0.15, -0.1) is 0 Å². The zero-order valence-electron chi connectivity index (χ0n) is 10.2. The van der Waals surface area contributed by atoms with Crippen LogP contribution in [0.15, 0.2) is 42.5 Å². The summed E-state index contributed by atoms with van der Waals surface area (Å²) < 4.78 is 0. The van der Waals surface area contributed by atoms with Crippen molar-refractivity contribution in [3.63, 3.8) is 0 Å². The first kappa shape index (κ1) is 11.2. The number of nitrogens with one attached hydrogen (secondary N) is 1. The van der Waals surface area contributed by atoms with Crippen LogP contribution in [0.3, 0.4) is 0 Å². The van der Waals surface area contributed by atoms with Crippen molar-refractivity contribution in [2.24, 2.45) is 0 Å². The average molecular weight is 240 g/mol. The first-order valence-electron chi connectivity index (χ1n) is 6.35. The van der Waals surface area contributed by atoms with E-state index in [2.05, 4.69) is 23.5 Å². The van der Waals surface area contributed by atoms with Crippen molar-refractivity contribution in [3.8, 4) is 0 Å². The third-order valence-corrected chi connectivity index (χ3v) is 3.39. The van der Waals surface area contributed by atoms with Crippen molar-refractivity contribution >= 4 is 22.4 Å². The van der Waals surface area contributed by atoms with Gasteiger partial charge in [0, 0.05) is 31.4 Å². The molecule has 1 saturated heterocycles. The lowest BCUT2D eigenvalue weighted by molar-refractivity contribution is -0.118. The molecule has 0 saturated carbocycles. The highest BCUT2D eigenvalue weighted by Gasteiger charge is 2.19. The van der Waals surface area contributed by atoms with Gasteiger partial charge < -0.3 is 10.2 Å². The second kappa shape index (κ2) is 4.78. The van der Waals surface area contributed by atoms with Gasteiger partial charge in [0.05, 0.1) is 5.69 Å². The molecule has 0 unspecified atom stereocenters. The summed E-state index contributed by atoms with van der Waals surface area (Å²) in [5, 5.41) is 5.59. The van der Waals surface area contributed by atoms with Gasteiger partial charge in [0.2, 0.25) is 5.91 Å². The van der Waals surface area contributed by atoms with E-state index in [1.807, 2.05) is 29.2 Å². The van der Waals surface area contributed by atoms with Gasteiger partial charge in [-0.1, -0.05) is 36.4 Å². The molecule has 1 N–H and O–H groups in total. The molecular formula is C15H16N2O. The minimum Gasteiger partial charge on any atom is -0.314 e. The highest BCUT2D eigenvalue weighted by molar-refractivity contribution is 6.03. The van der Waals surface area contributed by atoms with Gasteiger partial charge in [-0.2, -0.15) is 0 Å². The second-order valence-electron chi connectivity index (χ2n) is 4.54. The van der Waals surface area contributed by atoms with Crippen LogP contribution in [0.2, 0.25) is 0 Å². The molecule has 18 heavy (non-hydrogen) atoms. The monoisotopic (exact) mass is 240 g/mol. The fourth-order valence-corrected chi connectivity index (χ4v) is 2.47. The minimum absolute atomic E-state index is 0.205. The topological polar surface area (TPSA) is 32.3 Å². The number of amides is 1. The quantitative estimate of drug-likeness (QED) is 0.828. The van der Waals surface area contributed by atoms with Gasteiger partial charge >= 0.3 is 0 Å². The first-order valence-corrected chi connectivity index (χ1v) is 6.35. The van der Waals surface area contributed by atoms with Crippen molar-refractivity contribution in [3.05, 3.63) is 42.5 Å².